The molecule has 0 saturated carbocycles. The van der Waals surface area contributed by atoms with E-state index in [0.717, 1.165) is 45.2 Å². The standard InChI is InChI=1S/C26H22FN5O/c1-17-14-23(29-16-18-4-3-13-28-15-18)32-26(30-17)24(19-5-9-21(27)10-6-19)25(31-32)20-7-11-22(33-2)12-8-20/h3-15,29H,16H2,1-2H3. The number of aromatic nitrogens is 4. The molecule has 0 radical (unpaired) electrons. The van der Waals surface area contributed by atoms with Crippen LogP contribution in [0.5, 0.6) is 5.75 Å². The molecule has 0 bridgehead atoms. The fourth-order valence-corrected chi connectivity index (χ4v) is 3.79. The molecule has 0 aliphatic heterocycles. The van der Waals surface area contributed by atoms with Gasteiger partial charge in [0.2, 0.25) is 0 Å². The normalized spacial score (nSPS) is 11.0. The predicted molar refractivity (Wildman–Crippen MR) is 127 cm³/mol. The Hall–Kier alpha value is -4.26. The van der Waals surface area contributed by atoms with E-state index in [0.29, 0.717) is 12.2 Å². The third-order valence-corrected chi connectivity index (χ3v) is 5.41. The molecule has 2 aromatic carbocycles. The second kappa shape index (κ2) is 8.70. The number of hydrogen-bond donors (Lipinski definition) is 1. The number of nitrogens with one attached hydrogen (secondary N) is 1. The first-order valence-electron chi connectivity index (χ1n) is 10.6. The second-order valence-corrected chi connectivity index (χ2v) is 7.69. The average molecular weight is 439 g/mol. The topological polar surface area (TPSA) is 64.3 Å². The van der Waals surface area contributed by atoms with E-state index in [1.807, 2.05) is 60.1 Å². The van der Waals surface area contributed by atoms with Gasteiger partial charge in [0.1, 0.15) is 23.1 Å². The summed E-state index contributed by atoms with van der Waals surface area (Å²) >= 11 is 0. The van der Waals surface area contributed by atoms with Crippen molar-refractivity contribution in [1.29, 1.82) is 0 Å². The highest BCUT2D eigenvalue weighted by Crippen LogP contribution is 2.36. The zero-order chi connectivity index (χ0) is 22.8. The molecule has 0 saturated heterocycles. The molecule has 0 amide bonds. The molecular weight excluding hydrogens is 417 g/mol. The van der Waals surface area contributed by atoms with E-state index >= 15 is 0 Å². The minimum Gasteiger partial charge on any atom is -0.497 e. The van der Waals surface area contributed by atoms with Crippen LogP contribution in [0, 0.1) is 12.7 Å². The molecule has 0 aliphatic carbocycles. The number of hydrogen-bond acceptors (Lipinski definition) is 5. The van der Waals surface area contributed by atoms with Gasteiger partial charge < -0.3 is 10.1 Å². The number of rotatable bonds is 6. The van der Waals surface area contributed by atoms with Crippen LogP contribution in [0.1, 0.15) is 11.3 Å². The number of methoxy groups -OCH3 is 1. The first-order chi connectivity index (χ1) is 16.1. The maximum absolute atomic E-state index is 13.7. The Labute approximate surface area is 190 Å². The summed E-state index contributed by atoms with van der Waals surface area (Å²) in [4.78, 5) is 8.98. The van der Waals surface area contributed by atoms with Gasteiger partial charge >= 0.3 is 0 Å². The summed E-state index contributed by atoms with van der Waals surface area (Å²) in [7, 11) is 1.64. The van der Waals surface area contributed by atoms with Crippen LogP contribution in [0.3, 0.4) is 0 Å². The molecule has 0 unspecified atom stereocenters. The first-order valence-corrected chi connectivity index (χ1v) is 10.6. The Kier molecular flexibility index (Phi) is 5.44. The SMILES string of the molecule is COc1ccc(-c2nn3c(NCc4cccnc4)cc(C)nc3c2-c2ccc(F)cc2)cc1. The second-order valence-electron chi connectivity index (χ2n) is 7.69. The van der Waals surface area contributed by atoms with Gasteiger partial charge in [-0.25, -0.2) is 9.37 Å². The smallest absolute Gasteiger partial charge is 0.166 e. The number of nitrogens with zero attached hydrogens (tertiary/aromatic N) is 4. The Morgan fingerprint density at radius 2 is 1.76 bits per heavy atom. The number of pyridine rings is 1. The van der Waals surface area contributed by atoms with Gasteiger partial charge in [-0.05, 0) is 60.5 Å². The van der Waals surface area contributed by atoms with Crippen molar-refractivity contribution in [3.05, 3.63) is 96.2 Å². The molecule has 6 nitrogen and oxygen atoms in total. The van der Waals surface area contributed by atoms with Crippen molar-refractivity contribution in [1.82, 2.24) is 19.6 Å². The van der Waals surface area contributed by atoms with Crippen molar-refractivity contribution in [3.8, 4) is 28.1 Å². The van der Waals surface area contributed by atoms with Gasteiger partial charge in [0, 0.05) is 36.3 Å². The van der Waals surface area contributed by atoms with Crippen LogP contribution < -0.4 is 10.1 Å². The van der Waals surface area contributed by atoms with Crippen molar-refractivity contribution in [2.24, 2.45) is 0 Å². The third-order valence-electron chi connectivity index (χ3n) is 5.41. The molecular formula is C26H22FN5O. The molecule has 7 heteroatoms. The van der Waals surface area contributed by atoms with Crippen molar-refractivity contribution >= 4 is 11.5 Å². The highest BCUT2D eigenvalue weighted by molar-refractivity contribution is 5.91. The summed E-state index contributed by atoms with van der Waals surface area (Å²) in [5, 5.41) is 8.39. The van der Waals surface area contributed by atoms with Gasteiger partial charge in [-0.1, -0.05) is 18.2 Å². The van der Waals surface area contributed by atoms with E-state index < -0.39 is 0 Å². The van der Waals surface area contributed by atoms with Crippen molar-refractivity contribution in [2.45, 2.75) is 13.5 Å². The Bertz CT molecular complexity index is 1400. The lowest BCUT2D eigenvalue weighted by Gasteiger charge is -2.09. The largest absolute Gasteiger partial charge is 0.497 e. The average Bonchev–Trinajstić information content (AvgIpc) is 3.23. The first kappa shape index (κ1) is 20.6. The van der Waals surface area contributed by atoms with Crippen LogP contribution in [0.25, 0.3) is 28.0 Å². The van der Waals surface area contributed by atoms with E-state index in [-0.39, 0.29) is 5.82 Å². The summed E-state index contributed by atoms with van der Waals surface area (Å²) < 4.78 is 20.8. The molecule has 5 aromatic rings. The molecule has 0 fully saturated rings. The minimum atomic E-state index is -0.288. The van der Waals surface area contributed by atoms with Crippen LogP contribution in [-0.2, 0) is 6.54 Å². The summed E-state index contributed by atoms with van der Waals surface area (Å²) in [6.45, 7) is 2.54. The van der Waals surface area contributed by atoms with E-state index in [9.17, 15) is 4.39 Å². The molecule has 0 spiro atoms. The van der Waals surface area contributed by atoms with Gasteiger partial charge in [-0.2, -0.15) is 9.61 Å². The zero-order valence-electron chi connectivity index (χ0n) is 18.3. The molecule has 3 heterocycles. The lowest BCUT2D eigenvalue weighted by molar-refractivity contribution is 0.415. The Morgan fingerprint density at radius 1 is 1.00 bits per heavy atom. The van der Waals surface area contributed by atoms with E-state index in [1.54, 1.807) is 25.4 Å². The predicted octanol–water partition coefficient (Wildman–Crippen LogP) is 5.53. The molecule has 164 valence electrons. The van der Waals surface area contributed by atoms with E-state index in [4.69, 9.17) is 14.8 Å². The minimum absolute atomic E-state index is 0.288. The fourth-order valence-electron chi connectivity index (χ4n) is 3.79. The van der Waals surface area contributed by atoms with Crippen LogP contribution in [0.15, 0.2) is 79.1 Å². The molecule has 0 atom stereocenters. The van der Waals surface area contributed by atoms with Gasteiger partial charge in [-0.15, -0.1) is 0 Å². The summed E-state index contributed by atoms with van der Waals surface area (Å²) in [5.74, 6) is 1.28. The van der Waals surface area contributed by atoms with Gasteiger partial charge in [0.05, 0.1) is 12.7 Å². The number of aryl methyl sites for hydroxylation is 1. The van der Waals surface area contributed by atoms with Crippen LogP contribution in [0.2, 0.25) is 0 Å². The maximum atomic E-state index is 13.7. The molecule has 3 aromatic heterocycles. The van der Waals surface area contributed by atoms with Crippen molar-refractivity contribution in [2.75, 3.05) is 12.4 Å². The third kappa shape index (κ3) is 4.13. The number of anilines is 1. The quantitative estimate of drug-likeness (QED) is 0.377. The summed E-state index contributed by atoms with van der Waals surface area (Å²) in [6.07, 6.45) is 3.58. The van der Waals surface area contributed by atoms with Crippen LogP contribution >= 0.6 is 0 Å². The number of ether oxygens (including phenoxy) is 1. The Morgan fingerprint density at radius 3 is 2.45 bits per heavy atom. The van der Waals surface area contributed by atoms with Gasteiger partial charge in [-0.3, -0.25) is 4.98 Å². The molecule has 0 aliphatic rings. The zero-order valence-corrected chi connectivity index (χ0v) is 18.3. The molecule has 5 rings (SSSR count). The van der Waals surface area contributed by atoms with Gasteiger partial charge in [0.15, 0.2) is 5.65 Å². The van der Waals surface area contributed by atoms with E-state index in [2.05, 4.69) is 10.3 Å². The lowest BCUT2D eigenvalue weighted by atomic mass is 10.0. The number of benzene rings is 2. The fraction of sp³-hybridized carbons (Fsp3) is 0.115. The number of fused-ring (bicyclic) bond motifs is 1. The van der Waals surface area contributed by atoms with Crippen LogP contribution in [0.4, 0.5) is 10.2 Å². The summed E-state index contributed by atoms with van der Waals surface area (Å²) in [5.41, 5.74) is 5.95. The molecule has 1 N–H and O–H groups in total. The lowest BCUT2D eigenvalue weighted by Crippen LogP contribution is -2.07. The highest BCUT2D eigenvalue weighted by Gasteiger charge is 2.20. The monoisotopic (exact) mass is 439 g/mol. The van der Waals surface area contributed by atoms with Gasteiger partial charge in [0.25, 0.3) is 0 Å². The highest BCUT2D eigenvalue weighted by atomic mass is 19.1. The van der Waals surface area contributed by atoms with Crippen molar-refractivity contribution in [3.63, 3.8) is 0 Å². The molecule has 33 heavy (non-hydrogen) atoms. The van der Waals surface area contributed by atoms with E-state index in [1.165, 1.54) is 12.1 Å². The van der Waals surface area contributed by atoms with Crippen molar-refractivity contribution < 1.29 is 9.13 Å². The van der Waals surface area contributed by atoms with Crippen LogP contribution in [-0.4, -0.2) is 26.7 Å². The maximum Gasteiger partial charge on any atom is 0.166 e. The Balaban J connectivity index is 1.68. The summed E-state index contributed by atoms with van der Waals surface area (Å²) in [6, 6.07) is 20.0. The number of halogens is 1.